The number of carboxylic acids is 1. The molecule has 0 aliphatic carbocycles. The predicted octanol–water partition coefficient (Wildman–Crippen LogP) is 1.33. The summed E-state index contributed by atoms with van der Waals surface area (Å²) in [7, 11) is 0. The molecule has 1 amide bonds. The lowest BCUT2D eigenvalue weighted by Gasteiger charge is -2.17. The summed E-state index contributed by atoms with van der Waals surface area (Å²) >= 11 is 0. The number of nitrogens with two attached hydrogens (primary N) is 1. The second-order valence-corrected chi connectivity index (χ2v) is 3.64. The quantitative estimate of drug-likeness (QED) is 0.658. The van der Waals surface area contributed by atoms with Gasteiger partial charge >= 0.3 is 5.97 Å². The molecule has 0 saturated heterocycles. The molecule has 0 fully saturated rings. The summed E-state index contributed by atoms with van der Waals surface area (Å²) < 4.78 is 0. The molecule has 0 aliphatic rings. The van der Waals surface area contributed by atoms with Crippen LogP contribution < -0.4 is 5.73 Å². The minimum atomic E-state index is -0.914. The zero-order chi connectivity index (χ0) is 11.9. The maximum Gasteiger partial charge on any atom is 0.331 e. The molecule has 4 nitrogen and oxygen atoms in total. The standard InChI is InChI=1S/C7H12O2.C3H5NO/c1-5(6(8)9)7(2,3)4;1-2-3(4)5/h1H2,2-4H3,(H,8,9);2H,1H2,(H2,4,5). The second-order valence-electron chi connectivity index (χ2n) is 3.64. The maximum atomic E-state index is 10.2. The lowest BCUT2D eigenvalue weighted by molar-refractivity contribution is -0.133. The average Bonchev–Trinajstić information content (AvgIpc) is 2.02. The van der Waals surface area contributed by atoms with Gasteiger partial charge in [0, 0.05) is 5.57 Å². The molecule has 0 saturated carbocycles. The Morgan fingerprint density at radius 2 is 1.64 bits per heavy atom. The summed E-state index contributed by atoms with van der Waals surface area (Å²) in [6, 6.07) is 0. The van der Waals surface area contributed by atoms with Crippen LogP contribution in [-0.4, -0.2) is 17.0 Å². The molecule has 0 bridgehead atoms. The lowest BCUT2D eigenvalue weighted by atomic mass is 9.88. The molecule has 0 atom stereocenters. The van der Waals surface area contributed by atoms with Crippen LogP contribution in [0, 0.1) is 5.41 Å². The summed E-state index contributed by atoms with van der Waals surface area (Å²) in [6.07, 6.45) is 1.06. The van der Waals surface area contributed by atoms with Crippen molar-refractivity contribution in [1.29, 1.82) is 0 Å². The highest BCUT2D eigenvalue weighted by molar-refractivity contribution is 5.87. The zero-order valence-corrected chi connectivity index (χ0v) is 8.83. The van der Waals surface area contributed by atoms with Crippen molar-refractivity contribution in [2.45, 2.75) is 20.8 Å². The van der Waals surface area contributed by atoms with E-state index in [1.54, 1.807) is 0 Å². The maximum absolute atomic E-state index is 10.2. The summed E-state index contributed by atoms with van der Waals surface area (Å²) in [5, 5.41) is 8.42. The lowest BCUT2D eigenvalue weighted by Crippen LogP contribution is -2.15. The van der Waals surface area contributed by atoms with Gasteiger partial charge in [-0.2, -0.15) is 0 Å². The van der Waals surface area contributed by atoms with E-state index >= 15 is 0 Å². The number of carbonyl (C=O) groups excluding carboxylic acids is 1. The van der Waals surface area contributed by atoms with Crippen molar-refractivity contribution >= 4 is 11.9 Å². The Kier molecular flexibility index (Phi) is 6.35. The van der Waals surface area contributed by atoms with Crippen LogP contribution in [0.5, 0.6) is 0 Å². The Balaban J connectivity index is 0. The van der Waals surface area contributed by atoms with Gasteiger partial charge in [-0.3, -0.25) is 4.79 Å². The van der Waals surface area contributed by atoms with Crippen LogP contribution in [0.1, 0.15) is 20.8 Å². The fraction of sp³-hybridized carbons (Fsp3) is 0.400. The van der Waals surface area contributed by atoms with Crippen molar-refractivity contribution in [3.8, 4) is 0 Å². The van der Waals surface area contributed by atoms with E-state index in [-0.39, 0.29) is 11.0 Å². The first-order valence-corrected chi connectivity index (χ1v) is 3.97. The van der Waals surface area contributed by atoms with Gasteiger partial charge in [0.2, 0.25) is 5.91 Å². The van der Waals surface area contributed by atoms with Crippen LogP contribution >= 0.6 is 0 Å². The van der Waals surface area contributed by atoms with Crippen molar-refractivity contribution < 1.29 is 14.7 Å². The van der Waals surface area contributed by atoms with Crippen molar-refractivity contribution in [3.63, 3.8) is 0 Å². The number of hydrogen-bond acceptors (Lipinski definition) is 2. The Hall–Kier alpha value is -1.58. The number of hydrogen-bond donors (Lipinski definition) is 2. The van der Waals surface area contributed by atoms with E-state index in [0.29, 0.717) is 0 Å². The van der Waals surface area contributed by atoms with Crippen LogP contribution in [0.4, 0.5) is 0 Å². The molecule has 0 spiro atoms. The first-order valence-electron chi connectivity index (χ1n) is 3.97. The Labute approximate surface area is 84.1 Å². The molecular weight excluding hydrogens is 182 g/mol. The van der Waals surface area contributed by atoms with Gasteiger partial charge in [0.25, 0.3) is 0 Å². The smallest absolute Gasteiger partial charge is 0.331 e. The molecule has 4 heteroatoms. The highest BCUT2D eigenvalue weighted by atomic mass is 16.4. The van der Waals surface area contributed by atoms with E-state index in [0.717, 1.165) is 6.08 Å². The third-order valence-electron chi connectivity index (χ3n) is 1.36. The van der Waals surface area contributed by atoms with Gasteiger partial charge in [0.05, 0.1) is 0 Å². The van der Waals surface area contributed by atoms with Crippen LogP contribution in [0.25, 0.3) is 0 Å². The Morgan fingerprint density at radius 1 is 1.36 bits per heavy atom. The van der Waals surface area contributed by atoms with Crippen molar-refractivity contribution in [2.75, 3.05) is 0 Å². The molecule has 80 valence electrons. The van der Waals surface area contributed by atoms with Crippen molar-refractivity contribution in [2.24, 2.45) is 11.1 Å². The fourth-order valence-electron chi connectivity index (χ4n) is 0.321. The molecule has 0 heterocycles. The SMILES string of the molecule is C=C(C(=O)O)C(C)(C)C.C=CC(N)=O. The van der Waals surface area contributed by atoms with Crippen molar-refractivity contribution in [1.82, 2.24) is 0 Å². The number of carboxylic acid groups (broad SMARTS) is 1. The van der Waals surface area contributed by atoms with Crippen LogP contribution in [0.15, 0.2) is 24.8 Å². The third kappa shape index (κ3) is 8.52. The molecule has 0 aromatic rings. The van der Waals surface area contributed by atoms with Gasteiger partial charge < -0.3 is 10.8 Å². The molecule has 0 aromatic heterocycles. The highest BCUT2D eigenvalue weighted by Gasteiger charge is 2.20. The van der Waals surface area contributed by atoms with Crippen LogP contribution in [-0.2, 0) is 9.59 Å². The van der Waals surface area contributed by atoms with Crippen molar-refractivity contribution in [3.05, 3.63) is 24.8 Å². The average molecular weight is 199 g/mol. The fourth-order valence-corrected chi connectivity index (χ4v) is 0.321. The highest BCUT2D eigenvalue weighted by Crippen LogP contribution is 2.22. The van der Waals surface area contributed by atoms with Crippen LogP contribution in [0.2, 0.25) is 0 Å². The molecule has 0 aliphatic heterocycles. The largest absolute Gasteiger partial charge is 0.478 e. The van der Waals surface area contributed by atoms with E-state index in [2.05, 4.69) is 18.9 Å². The van der Waals surface area contributed by atoms with E-state index in [1.807, 2.05) is 20.8 Å². The third-order valence-corrected chi connectivity index (χ3v) is 1.36. The molecule has 0 radical (unpaired) electrons. The molecule has 14 heavy (non-hydrogen) atoms. The molecule has 3 N–H and O–H groups in total. The number of primary amides is 1. The summed E-state index contributed by atoms with van der Waals surface area (Å²) in [5.41, 5.74) is 4.47. The van der Waals surface area contributed by atoms with Gasteiger partial charge in [0.15, 0.2) is 0 Å². The molecular formula is C10H17NO3. The van der Waals surface area contributed by atoms with E-state index in [4.69, 9.17) is 5.11 Å². The number of rotatable bonds is 2. The van der Waals surface area contributed by atoms with E-state index in [9.17, 15) is 9.59 Å². The van der Waals surface area contributed by atoms with Gasteiger partial charge in [-0.05, 0) is 11.5 Å². The number of amides is 1. The minimum absolute atomic E-state index is 0.252. The van der Waals surface area contributed by atoms with Gasteiger partial charge in [0.1, 0.15) is 0 Å². The zero-order valence-electron chi connectivity index (χ0n) is 8.83. The van der Waals surface area contributed by atoms with E-state index in [1.165, 1.54) is 0 Å². The predicted molar refractivity (Wildman–Crippen MR) is 55.6 cm³/mol. The minimum Gasteiger partial charge on any atom is -0.478 e. The summed E-state index contributed by atoms with van der Waals surface area (Å²) in [6.45, 7) is 12.0. The molecule has 0 unspecified atom stereocenters. The normalized spacial score (nSPS) is 9.36. The van der Waals surface area contributed by atoms with Crippen LogP contribution in [0.3, 0.4) is 0 Å². The first-order chi connectivity index (χ1) is 6.12. The second kappa shape index (κ2) is 5.96. The summed E-state index contributed by atoms with van der Waals surface area (Å²) in [5.74, 6) is -1.40. The summed E-state index contributed by atoms with van der Waals surface area (Å²) in [4.78, 5) is 19.7. The monoisotopic (exact) mass is 199 g/mol. The first kappa shape index (κ1) is 14.9. The number of carbonyl (C=O) groups is 2. The molecule has 0 rings (SSSR count). The van der Waals surface area contributed by atoms with Gasteiger partial charge in [-0.25, -0.2) is 4.79 Å². The molecule has 0 aromatic carbocycles. The number of aliphatic carboxylic acids is 1. The van der Waals surface area contributed by atoms with Gasteiger partial charge in [-0.15, -0.1) is 0 Å². The van der Waals surface area contributed by atoms with E-state index < -0.39 is 11.9 Å². The van der Waals surface area contributed by atoms with Gasteiger partial charge in [-0.1, -0.05) is 33.9 Å². The Morgan fingerprint density at radius 3 is 1.64 bits per heavy atom. The Bertz CT molecular complexity index is 249. The topological polar surface area (TPSA) is 80.4 Å².